The van der Waals surface area contributed by atoms with Gasteiger partial charge in [-0.15, -0.1) is 0 Å². The van der Waals surface area contributed by atoms with Crippen LogP contribution in [0.1, 0.15) is 21.7 Å². The Morgan fingerprint density at radius 2 is 1.89 bits per heavy atom. The summed E-state index contributed by atoms with van der Waals surface area (Å²) in [5.41, 5.74) is 3.13. The number of piperazine rings is 1. The van der Waals surface area contributed by atoms with Gasteiger partial charge >= 0.3 is 0 Å². The van der Waals surface area contributed by atoms with E-state index in [2.05, 4.69) is 9.97 Å². The molecule has 2 heterocycles. The van der Waals surface area contributed by atoms with Crippen molar-refractivity contribution < 1.29 is 9.59 Å². The quantitative estimate of drug-likeness (QED) is 0.763. The lowest BCUT2D eigenvalue weighted by molar-refractivity contribution is -0.121. The fraction of sp³-hybridized carbons (Fsp3) is 0.227. The number of carbonyl (C=O) groups excluding carboxylic acids is 2. The second-order valence-corrected chi connectivity index (χ2v) is 7.05. The zero-order valence-electron chi connectivity index (χ0n) is 15.7. The minimum Gasteiger partial charge on any atom is -0.341 e. The molecule has 6 nitrogen and oxygen atoms in total. The zero-order chi connectivity index (χ0) is 19.5. The van der Waals surface area contributed by atoms with Gasteiger partial charge in [0.15, 0.2) is 5.82 Å². The lowest BCUT2D eigenvalue weighted by Crippen LogP contribution is -2.59. The van der Waals surface area contributed by atoms with Crippen LogP contribution in [0.25, 0.3) is 0 Å². The highest BCUT2D eigenvalue weighted by molar-refractivity contribution is 6.00. The van der Waals surface area contributed by atoms with Crippen molar-refractivity contribution in [1.82, 2.24) is 14.9 Å². The van der Waals surface area contributed by atoms with Gasteiger partial charge in [0.25, 0.3) is 5.91 Å². The van der Waals surface area contributed by atoms with E-state index < -0.39 is 0 Å². The second kappa shape index (κ2) is 7.68. The lowest BCUT2D eigenvalue weighted by Gasteiger charge is -2.40. The van der Waals surface area contributed by atoms with Gasteiger partial charge in [-0.05, 0) is 31.0 Å². The highest BCUT2D eigenvalue weighted by atomic mass is 16.2. The number of aromatic amines is 1. The summed E-state index contributed by atoms with van der Waals surface area (Å²) in [5.74, 6) is -0.0782. The second-order valence-electron chi connectivity index (χ2n) is 7.05. The first-order valence-corrected chi connectivity index (χ1v) is 9.33. The molecule has 0 bridgehead atoms. The van der Waals surface area contributed by atoms with Crippen LogP contribution >= 0.6 is 0 Å². The number of hydrogen-bond donors (Lipinski definition) is 1. The average Bonchev–Trinajstić information content (AvgIpc) is 3.25. The van der Waals surface area contributed by atoms with Gasteiger partial charge in [-0.3, -0.25) is 9.59 Å². The summed E-state index contributed by atoms with van der Waals surface area (Å²) in [6, 6.07) is 17.8. The number of nitrogens with one attached hydrogen (secondary N) is 1. The molecule has 0 spiro atoms. The van der Waals surface area contributed by atoms with Crippen LogP contribution < -0.4 is 4.90 Å². The first kappa shape index (κ1) is 18.0. The van der Waals surface area contributed by atoms with Crippen molar-refractivity contribution in [3.63, 3.8) is 0 Å². The number of aromatic nitrogens is 2. The van der Waals surface area contributed by atoms with Crippen molar-refractivity contribution >= 4 is 17.5 Å². The zero-order valence-corrected chi connectivity index (χ0v) is 15.7. The number of amides is 2. The Labute approximate surface area is 163 Å². The Kier molecular flexibility index (Phi) is 4.93. The maximum absolute atomic E-state index is 13.0. The molecule has 1 unspecified atom stereocenters. The normalized spacial score (nSPS) is 17.0. The molecule has 3 aromatic rings. The van der Waals surface area contributed by atoms with E-state index in [9.17, 15) is 9.59 Å². The van der Waals surface area contributed by atoms with Gasteiger partial charge < -0.3 is 14.8 Å². The third-order valence-corrected chi connectivity index (χ3v) is 5.06. The van der Waals surface area contributed by atoms with Crippen LogP contribution in [-0.2, 0) is 11.2 Å². The topological polar surface area (TPSA) is 69.3 Å². The molecule has 2 amide bonds. The summed E-state index contributed by atoms with van der Waals surface area (Å²) in [4.78, 5) is 36.2. The number of anilines is 1. The molecule has 2 aromatic carbocycles. The number of imidazole rings is 1. The van der Waals surface area contributed by atoms with E-state index in [1.54, 1.807) is 22.2 Å². The minimum atomic E-state index is -0.247. The summed E-state index contributed by atoms with van der Waals surface area (Å²) in [5, 5.41) is 0. The number of carbonyl (C=O) groups is 2. The van der Waals surface area contributed by atoms with Gasteiger partial charge in [0.05, 0.1) is 6.04 Å². The molecule has 6 heteroatoms. The van der Waals surface area contributed by atoms with Crippen LogP contribution in [0.2, 0.25) is 0 Å². The molecule has 4 rings (SSSR count). The van der Waals surface area contributed by atoms with E-state index in [1.165, 1.54) is 0 Å². The minimum absolute atomic E-state index is 0.0326. The molecule has 1 N–H and O–H groups in total. The molecule has 1 fully saturated rings. The maximum atomic E-state index is 13.0. The molecule has 1 saturated heterocycles. The first-order chi connectivity index (χ1) is 13.6. The number of hydrogen-bond acceptors (Lipinski definition) is 3. The van der Waals surface area contributed by atoms with Crippen LogP contribution in [0, 0.1) is 6.92 Å². The summed E-state index contributed by atoms with van der Waals surface area (Å²) in [6.45, 7) is 2.50. The van der Waals surface area contributed by atoms with E-state index in [4.69, 9.17) is 0 Å². The van der Waals surface area contributed by atoms with Crippen molar-refractivity contribution in [1.29, 1.82) is 0 Å². The molecule has 0 radical (unpaired) electrons. The van der Waals surface area contributed by atoms with Crippen LogP contribution in [0.4, 0.5) is 5.69 Å². The Balaban J connectivity index is 1.63. The van der Waals surface area contributed by atoms with Crippen LogP contribution in [-0.4, -0.2) is 45.8 Å². The summed E-state index contributed by atoms with van der Waals surface area (Å²) in [7, 11) is 0. The largest absolute Gasteiger partial charge is 0.341 e. The Hall–Kier alpha value is -3.41. The predicted molar refractivity (Wildman–Crippen MR) is 107 cm³/mol. The van der Waals surface area contributed by atoms with Crippen molar-refractivity contribution in [2.45, 2.75) is 19.4 Å². The SMILES string of the molecule is Cc1ccc(N2CC(Cc3ccccc3)N(C(=O)c3ncc[nH]3)CC2=O)cc1. The third kappa shape index (κ3) is 3.67. The molecule has 0 aliphatic carbocycles. The Morgan fingerprint density at radius 1 is 1.14 bits per heavy atom. The lowest BCUT2D eigenvalue weighted by atomic mass is 10.0. The maximum Gasteiger partial charge on any atom is 0.290 e. The molecular weight excluding hydrogens is 352 g/mol. The van der Waals surface area contributed by atoms with E-state index in [1.807, 2.05) is 61.5 Å². The molecule has 1 atom stereocenters. The number of benzene rings is 2. The van der Waals surface area contributed by atoms with Crippen LogP contribution in [0.5, 0.6) is 0 Å². The summed E-state index contributed by atoms with van der Waals surface area (Å²) < 4.78 is 0. The highest BCUT2D eigenvalue weighted by Gasteiger charge is 2.36. The van der Waals surface area contributed by atoms with E-state index in [-0.39, 0.29) is 30.2 Å². The average molecular weight is 374 g/mol. The van der Waals surface area contributed by atoms with Crippen molar-refractivity contribution in [3.05, 3.63) is 83.9 Å². The van der Waals surface area contributed by atoms with Gasteiger partial charge in [-0.25, -0.2) is 4.98 Å². The number of aryl methyl sites for hydroxylation is 1. The third-order valence-electron chi connectivity index (χ3n) is 5.06. The van der Waals surface area contributed by atoms with Gasteiger partial charge in [-0.2, -0.15) is 0 Å². The summed E-state index contributed by atoms with van der Waals surface area (Å²) in [6.07, 6.45) is 3.83. The van der Waals surface area contributed by atoms with Crippen LogP contribution in [0.15, 0.2) is 67.0 Å². The number of nitrogens with zero attached hydrogens (tertiary/aromatic N) is 3. The first-order valence-electron chi connectivity index (χ1n) is 9.33. The fourth-order valence-electron chi connectivity index (χ4n) is 3.56. The summed E-state index contributed by atoms with van der Waals surface area (Å²) >= 11 is 0. The van der Waals surface area contributed by atoms with Gasteiger partial charge in [-0.1, -0.05) is 48.0 Å². The standard InChI is InChI=1S/C22H22N4O2/c1-16-7-9-18(10-8-16)25-14-19(13-17-5-3-2-4-6-17)26(15-20(25)27)22(28)21-23-11-12-24-21/h2-12,19H,13-15H2,1H3,(H,23,24). The Morgan fingerprint density at radius 3 is 2.57 bits per heavy atom. The van der Waals surface area contributed by atoms with E-state index in [0.29, 0.717) is 13.0 Å². The van der Waals surface area contributed by atoms with Crippen molar-refractivity contribution in [2.24, 2.45) is 0 Å². The number of rotatable bonds is 4. The van der Waals surface area contributed by atoms with Gasteiger partial charge in [0.2, 0.25) is 5.91 Å². The van der Waals surface area contributed by atoms with Gasteiger partial charge in [0, 0.05) is 24.6 Å². The van der Waals surface area contributed by atoms with E-state index in [0.717, 1.165) is 16.8 Å². The fourth-order valence-corrected chi connectivity index (χ4v) is 3.56. The monoisotopic (exact) mass is 374 g/mol. The molecular formula is C22H22N4O2. The molecule has 28 heavy (non-hydrogen) atoms. The molecule has 1 aliphatic rings. The van der Waals surface area contributed by atoms with Gasteiger partial charge in [0.1, 0.15) is 6.54 Å². The predicted octanol–water partition coefficient (Wildman–Crippen LogP) is 2.82. The highest BCUT2D eigenvalue weighted by Crippen LogP contribution is 2.23. The Bertz CT molecular complexity index is 952. The molecule has 0 saturated carbocycles. The van der Waals surface area contributed by atoms with E-state index >= 15 is 0 Å². The van der Waals surface area contributed by atoms with Crippen molar-refractivity contribution in [2.75, 3.05) is 18.0 Å². The smallest absolute Gasteiger partial charge is 0.290 e. The molecule has 142 valence electrons. The van der Waals surface area contributed by atoms with Crippen LogP contribution in [0.3, 0.4) is 0 Å². The number of H-pyrrole nitrogens is 1. The molecule has 1 aromatic heterocycles. The molecule has 1 aliphatic heterocycles. The van der Waals surface area contributed by atoms with Crippen molar-refractivity contribution in [3.8, 4) is 0 Å².